The Hall–Kier alpha value is -2.29. The number of nitrogens with zero attached hydrogens (tertiary/aromatic N) is 1. The van der Waals surface area contributed by atoms with Crippen LogP contribution >= 0.6 is 11.3 Å². The first-order valence-corrected chi connectivity index (χ1v) is 8.58. The van der Waals surface area contributed by atoms with Crippen LogP contribution in [0.15, 0.2) is 12.1 Å². The number of carbonyl (C=O) groups is 2. The fourth-order valence-corrected chi connectivity index (χ4v) is 3.71. The van der Waals surface area contributed by atoms with Gasteiger partial charge < -0.3 is 14.6 Å². The van der Waals surface area contributed by atoms with Crippen LogP contribution in [0.2, 0.25) is 0 Å². The second kappa shape index (κ2) is 7.53. The zero-order valence-electron chi connectivity index (χ0n) is 14.8. The maximum absolute atomic E-state index is 12.5. The number of alkyl halides is 3. The van der Waals surface area contributed by atoms with Crippen LogP contribution in [0.3, 0.4) is 0 Å². The van der Waals surface area contributed by atoms with Gasteiger partial charge in [-0.2, -0.15) is 13.2 Å². The molecule has 0 aliphatic rings. The molecule has 0 spiro atoms. The maximum Gasteiger partial charge on any atom is 0.405 e. The van der Waals surface area contributed by atoms with Crippen molar-refractivity contribution in [2.45, 2.75) is 33.9 Å². The van der Waals surface area contributed by atoms with E-state index in [0.717, 1.165) is 21.8 Å². The lowest BCUT2D eigenvalue weighted by atomic mass is 10.1. The quantitative estimate of drug-likeness (QED) is 0.796. The van der Waals surface area contributed by atoms with E-state index in [1.807, 2.05) is 37.5 Å². The molecule has 1 N–H and O–H groups in total. The maximum atomic E-state index is 12.5. The first-order valence-electron chi connectivity index (χ1n) is 7.77. The van der Waals surface area contributed by atoms with Gasteiger partial charge in [-0.15, -0.1) is 11.3 Å². The van der Waals surface area contributed by atoms with Crippen LogP contribution in [-0.4, -0.2) is 35.8 Å². The van der Waals surface area contributed by atoms with Gasteiger partial charge in [0.2, 0.25) is 0 Å². The summed E-state index contributed by atoms with van der Waals surface area (Å²) in [6, 6.07) is 3.83. The van der Waals surface area contributed by atoms with Crippen LogP contribution < -0.4 is 5.32 Å². The van der Waals surface area contributed by atoms with Gasteiger partial charge in [0.15, 0.2) is 6.61 Å². The lowest BCUT2D eigenvalue weighted by Crippen LogP contribution is -2.36. The highest BCUT2D eigenvalue weighted by atomic mass is 32.1. The van der Waals surface area contributed by atoms with Crippen LogP contribution in [0, 0.1) is 27.7 Å². The van der Waals surface area contributed by atoms with E-state index < -0.39 is 31.2 Å². The zero-order chi connectivity index (χ0) is 19.6. The third-order valence-corrected chi connectivity index (χ3v) is 5.06. The topological polar surface area (TPSA) is 60.3 Å². The summed E-state index contributed by atoms with van der Waals surface area (Å²) in [5, 5.41) is 2.33. The number of aryl methyl sites for hydroxylation is 3. The monoisotopic (exact) mass is 388 g/mol. The molecule has 2 aromatic rings. The fraction of sp³-hybridized carbons (Fsp3) is 0.412. The lowest BCUT2D eigenvalue weighted by molar-refractivity contribution is -0.140. The Balaban J connectivity index is 2.18. The number of rotatable bonds is 5. The van der Waals surface area contributed by atoms with Gasteiger partial charge in [0.25, 0.3) is 5.91 Å². The summed E-state index contributed by atoms with van der Waals surface area (Å²) in [7, 11) is 0. The third kappa shape index (κ3) is 4.46. The van der Waals surface area contributed by atoms with Gasteiger partial charge >= 0.3 is 12.1 Å². The van der Waals surface area contributed by atoms with Gasteiger partial charge in [0, 0.05) is 16.3 Å². The Labute approximate surface area is 152 Å². The molecule has 5 nitrogen and oxygen atoms in total. The average molecular weight is 388 g/mol. The molecule has 0 aliphatic heterocycles. The summed E-state index contributed by atoms with van der Waals surface area (Å²) in [4.78, 5) is 24.9. The van der Waals surface area contributed by atoms with Gasteiger partial charge in [0.05, 0.1) is 5.56 Å². The number of hydrogen-bond donors (Lipinski definition) is 1. The van der Waals surface area contributed by atoms with E-state index >= 15 is 0 Å². The molecule has 0 fully saturated rings. The molecule has 0 unspecified atom stereocenters. The van der Waals surface area contributed by atoms with Crippen molar-refractivity contribution in [3.63, 3.8) is 0 Å². The number of hydrogen-bond acceptors (Lipinski definition) is 4. The van der Waals surface area contributed by atoms with Crippen molar-refractivity contribution in [2.75, 3.05) is 13.2 Å². The van der Waals surface area contributed by atoms with Gasteiger partial charge in [-0.25, -0.2) is 4.79 Å². The van der Waals surface area contributed by atoms with Crippen LogP contribution in [0.5, 0.6) is 0 Å². The summed E-state index contributed by atoms with van der Waals surface area (Å²) in [6.45, 7) is 5.20. The predicted molar refractivity (Wildman–Crippen MR) is 91.9 cm³/mol. The van der Waals surface area contributed by atoms with Gasteiger partial charge in [-0.1, -0.05) is 0 Å². The third-order valence-electron chi connectivity index (χ3n) is 3.87. The van der Waals surface area contributed by atoms with E-state index in [9.17, 15) is 22.8 Å². The van der Waals surface area contributed by atoms with Crippen molar-refractivity contribution in [3.05, 3.63) is 39.5 Å². The first-order chi connectivity index (χ1) is 12.0. The molecule has 0 saturated heterocycles. The molecule has 2 aromatic heterocycles. The number of carbonyl (C=O) groups excluding carboxylic acids is 2. The average Bonchev–Trinajstić information content (AvgIpc) is 3.01. The smallest absolute Gasteiger partial charge is 0.405 e. The van der Waals surface area contributed by atoms with Gasteiger partial charge in [0.1, 0.15) is 11.5 Å². The summed E-state index contributed by atoms with van der Waals surface area (Å²) in [5.41, 5.74) is 2.90. The van der Waals surface area contributed by atoms with E-state index in [1.54, 1.807) is 12.2 Å². The Morgan fingerprint density at radius 1 is 1.15 bits per heavy atom. The summed E-state index contributed by atoms with van der Waals surface area (Å²) in [5.74, 6) is -1.74. The molecule has 9 heteroatoms. The molecule has 142 valence electrons. The highest BCUT2D eigenvalue weighted by Crippen LogP contribution is 2.33. The summed E-state index contributed by atoms with van der Waals surface area (Å²) >= 11 is 1.42. The molecular weight excluding hydrogens is 369 g/mol. The van der Waals surface area contributed by atoms with Crippen molar-refractivity contribution in [3.8, 4) is 5.00 Å². The van der Waals surface area contributed by atoms with Crippen LogP contribution in [0.1, 0.15) is 32.2 Å². The van der Waals surface area contributed by atoms with E-state index in [1.165, 1.54) is 11.3 Å². The fourth-order valence-electron chi connectivity index (χ4n) is 2.45. The molecule has 1 amide bonds. The van der Waals surface area contributed by atoms with Crippen molar-refractivity contribution in [1.29, 1.82) is 0 Å². The zero-order valence-corrected chi connectivity index (χ0v) is 15.6. The lowest BCUT2D eigenvalue weighted by Gasteiger charge is -2.12. The Bertz CT molecular complexity index is 818. The normalized spacial score (nSPS) is 11.5. The second-order valence-electron chi connectivity index (χ2n) is 5.88. The largest absolute Gasteiger partial charge is 0.452 e. The highest BCUT2D eigenvalue weighted by molar-refractivity contribution is 7.15. The van der Waals surface area contributed by atoms with E-state index in [4.69, 9.17) is 4.74 Å². The molecule has 0 bridgehead atoms. The molecular formula is C17H19F3N2O3S. The van der Waals surface area contributed by atoms with Crippen molar-refractivity contribution >= 4 is 23.2 Å². The van der Waals surface area contributed by atoms with Crippen LogP contribution in [0.4, 0.5) is 13.2 Å². The minimum Gasteiger partial charge on any atom is -0.452 e. The number of nitrogens with one attached hydrogen (secondary N) is 1. The number of aromatic nitrogens is 1. The standard InChI is InChI=1S/C17H19F3N2O3S/c1-9-5-6-10(2)22(9)15-14(11(3)12(4)26-15)16(24)25-7-13(23)21-8-17(18,19)20/h5-6H,7-8H2,1-4H3,(H,21,23). The van der Waals surface area contributed by atoms with Crippen molar-refractivity contribution in [2.24, 2.45) is 0 Å². The van der Waals surface area contributed by atoms with E-state index in [0.29, 0.717) is 10.6 Å². The number of halogens is 3. The molecule has 26 heavy (non-hydrogen) atoms. The predicted octanol–water partition coefficient (Wildman–Crippen LogP) is 3.61. The van der Waals surface area contributed by atoms with Gasteiger partial charge in [-0.05, 0) is 45.4 Å². The number of thiophene rings is 1. The Morgan fingerprint density at radius 3 is 2.27 bits per heavy atom. The molecule has 0 radical (unpaired) electrons. The SMILES string of the molecule is Cc1sc(-n2c(C)ccc2C)c(C(=O)OCC(=O)NCC(F)(F)F)c1C. The van der Waals surface area contributed by atoms with Crippen molar-refractivity contribution < 1.29 is 27.5 Å². The summed E-state index contributed by atoms with van der Waals surface area (Å²) < 4.78 is 43.1. The number of ether oxygens (including phenoxy) is 1. The van der Waals surface area contributed by atoms with Gasteiger partial charge in [-0.3, -0.25) is 4.79 Å². The van der Waals surface area contributed by atoms with Crippen LogP contribution in [-0.2, 0) is 9.53 Å². The molecule has 0 saturated carbocycles. The molecule has 2 rings (SSSR count). The van der Waals surface area contributed by atoms with E-state index in [2.05, 4.69) is 0 Å². The Kier molecular flexibility index (Phi) is 5.80. The first kappa shape index (κ1) is 20.0. The summed E-state index contributed by atoms with van der Waals surface area (Å²) in [6.07, 6.45) is -4.52. The molecule has 0 aromatic carbocycles. The van der Waals surface area contributed by atoms with Crippen LogP contribution in [0.25, 0.3) is 5.00 Å². The number of esters is 1. The second-order valence-corrected chi connectivity index (χ2v) is 7.09. The Morgan fingerprint density at radius 2 is 1.73 bits per heavy atom. The molecule has 0 atom stereocenters. The minimum absolute atomic E-state index is 0.318. The number of amides is 1. The molecule has 2 heterocycles. The van der Waals surface area contributed by atoms with Crippen molar-refractivity contribution in [1.82, 2.24) is 9.88 Å². The minimum atomic E-state index is -4.52. The molecule has 0 aliphatic carbocycles. The van der Waals surface area contributed by atoms with E-state index in [-0.39, 0.29) is 0 Å². The highest BCUT2D eigenvalue weighted by Gasteiger charge is 2.28.